The summed E-state index contributed by atoms with van der Waals surface area (Å²) in [5.41, 5.74) is 0.960. The summed E-state index contributed by atoms with van der Waals surface area (Å²) in [5, 5.41) is 2.70. The minimum Gasteiger partial charge on any atom is -0.326 e. The molecule has 1 amide bonds. The molecule has 0 bridgehead atoms. The second-order valence-electron chi connectivity index (χ2n) is 6.58. The predicted octanol–water partition coefficient (Wildman–Crippen LogP) is 3.15. The smallest absolute Gasteiger partial charge is 0.228 e. The molecule has 2 aromatic rings. The first-order valence-electron chi connectivity index (χ1n) is 8.62. The van der Waals surface area contributed by atoms with E-state index in [-0.39, 0.29) is 18.2 Å². The second-order valence-corrected chi connectivity index (χ2v) is 8.54. The van der Waals surface area contributed by atoms with Crippen molar-refractivity contribution >= 4 is 21.6 Å². The maximum Gasteiger partial charge on any atom is 0.228 e. The van der Waals surface area contributed by atoms with Crippen LogP contribution in [-0.2, 0) is 20.6 Å². The highest BCUT2D eigenvalue weighted by Gasteiger charge is 2.32. The molecule has 8 heteroatoms. The summed E-state index contributed by atoms with van der Waals surface area (Å²) in [4.78, 5) is 12.5. The Hall–Kier alpha value is -2.32. The summed E-state index contributed by atoms with van der Waals surface area (Å²) < 4.78 is 52.6. The van der Waals surface area contributed by atoms with Gasteiger partial charge in [-0.1, -0.05) is 12.1 Å². The fourth-order valence-electron chi connectivity index (χ4n) is 3.07. The number of nitrogens with one attached hydrogen (secondary N) is 1. The highest BCUT2D eigenvalue weighted by Crippen LogP contribution is 2.23. The number of rotatable bonds is 5. The monoisotopic (exact) mass is 394 g/mol. The maximum absolute atomic E-state index is 13.0. The third kappa shape index (κ3) is 5.11. The molecule has 1 aliphatic rings. The van der Waals surface area contributed by atoms with E-state index in [0.29, 0.717) is 30.6 Å². The zero-order valence-electron chi connectivity index (χ0n) is 14.6. The van der Waals surface area contributed by atoms with Crippen LogP contribution in [0, 0.1) is 17.6 Å². The number of carbonyl (C=O) groups is 1. The Labute approximate surface area is 157 Å². The quantitative estimate of drug-likeness (QED) is 0.847. The number of piperidine rings is 1. The fraction of sp³-hybridized carbons (Fsp3) is 0.316. The Morgan fingerprint density at radius 1 is 1.04 bits per heavy atom. The average Bonchev–Trinajstić information content (AvgIpc) is 2.65. The molecule has 5 nitrogen and oxygen atoms in total. The lowest BCUT2D eigenvalue weighted by Crippen LogP contribution is -2.44. The molecule has 1 heterocycles. The number of sulfonamides is 1. The minimum absolute atomic E-state index is 0.0938. The third-order valence-electron chi connectivity index (χ3n) is 4.52. The van der Waals surface area contributed by atoms with Gasteiger partial charge in [0.25, 0.3) is 0 Å². The van der Waals surface area contributed by atoms with Gasteiger partial charge in [0, 0.05) is 18.8 Å². The van der Waals surface area contributed by atoms with Crippen LogP contribution in [0.4, 0.5) is 14.5 Å². The van der Waals surface area contributed by atoms with Crippen molar-refractivity contribution in [1.29, 1.82) is 0 Å². The zero-order chi connectivity index (χ0) is 19.4. The van der Waals surface area contributed by atoms with Crippen LogP contribution in [0.15, 0.2) is 48.5 Å². The number of amides is 1. The lowest BCUT2D eigenvalue weighted by Gasteiger charge is -2.31. The number of anilines is 1. The largest absolute Gasteiger partial charge is 0.326 e. The Bertz CT molecular complexity index is 900. The SMILES string of the molecule is O=C(Nc1ccc(F)cc1)[C@@H]1CCCN(S(=O)(=O)Cc2ccc(F)cc2)C1. The van der Waals surface area contributed by atoms with Crippen LogP contribution in [0.3, 0.4) is 0 Å². The molecule has 144 valence electrons. The standard InChI is InChI=1S/C19H20F2N2O3S/c20-16-5-3-14(4-6-16)13-27(25,26)23-11-1-2-15(12-23)19(24)22-18-9-7-17(21)8-10-18/h3-10,15H,1-2,11-13H2,(H,22,24)/t15-/m1/s1. The van der Waals surface area contributed by atoms with E-state index in [2.05, 4.69) is 5.32 Å². The molecule has 0 unspecified atom stereocenters. The number of benzene rings is 2. The van der Waals surface area contributed by atoms with Gasteiger partial charge < -0.3 is 5.32 Å². The van der Waals surface area contributed by atoms with Gasteiger partial charge in [0.2, 0.25) is 15.9 Å². The summed E-state index contributed by atoms with van der Waals surface area (Å²) in [6, 6.07) is 10.7. The molecule has 1 aliphatic heterocycles. The first kappa shape index (κ1) is 19.4. The van der Waals surface area contributed by atoms with Crippen molar-refractivity contribution in [2.24, 2.45) is 5.92 Å². The highest BCUT2D eigenvalue weighted by molar-refractivity contribution is 7.88. The molecule has 1 fully saturated rings. The molecule has 0 aromatic heterocycles. The predicted molar refractivity (Wildman–Crippen MR) is 98.4 cm³/mol. The van der Waals surface area contributed by atoms with E-state index in [1.165, 1.54) is 52.8 Å². The molecule has 27 heavy (non-hydrogen) atoms. The molecule has 0 saturated carbocycles. The van der Waals surface area contributed by atoms with Crippen molar-refractivity contribution < 1.29 is 22.0 Å². The van der Waals surface area contributed by atoms with E-state index < -0.39 is 27.6 Å². The molecule has 0 aliphatic carbocycles. The van der Waals surface area contributed by atoms with Crippen LogP contribution >= 0.6 is 0 Å². The molecular weight excluding hydrogens is 374 g/mol. The number of nitrogens with zero attached hydrogens (tertiary/aromatic N) is 1. The van der Waals surface area contributed by atoms with Crippen molar-refractivity contribution in [3.8, 4) is 0 Å². The van der Waals surface area contributed by atoms with Crippen molar-refractivity contribution in [1.82, 2.24) is 4.31 Å². The molecule has 0 radical (unpaired) electrons. The number of halogens is 2. The van der Waals surface area contributed by atoms with Crippen molar-refractivity contribution in [2.75, 3.05) is 18.4 Å². The first-order chi connectivity index (χ1) is 12.8. The van der Waals surface area contributed by atoms with E-state index in [1.54, 1.807) is 0 Å². The number of hydrogen-bond acceptors (Lipinski definition) is 3. The molecule has 0 spiro atoms. The summed E-state index contributed by atoms with van der Waals surface area (Å²) in [6.07, 6.45) is 1.15. The van der Waals surface area contributed by atoms with E-state index in [1.807, 2.05) is 0 Å². The van der Waals surface area contributed by atoms with Crippen LogP contribution < -0.4 is 5.32 Å². The highest BCUT2D eigenvalue weighted by atomic mass is 32.2. The fourth-order valence-corrected chi connectivity index (χ4v) is 4.68. The molecule has 3 rings (SSSR count). The molecule has 1 N–H and O–H groups in total. The van der Waals surface area contributed by atoms with E-state index in [9.17, 15) is 22.0 Å². The van der Waals surface area contributed by atoms with Gasteiger partial charge in [-0.2, -0.15) is 0 Å². The Morgan fingerprint density at radius 2 is 1.63 bits per heavy atom. The van der Waals surface area contributed by atoms with Crippen LogP contribution in [0.25, 0.3) is 0 Å². The van der Waals surface area contributed by atoms with Crippen LogP contribution in [0.2, 0.25) is 0 Å². The Balaban J connectivity index is 1.64. The first-order valence-corrected chi connectivity index (χ1v) is 10.2. The van der Waals surface area contributed by atoms with Gasteiger partial charge in [0.05, 0.1) is 11.7 Å². The van der Waals surface area contributed by atoms with Crippen molar-refractivity contribution in [3.05, 3.63) is 65.7 Å². The minimum atomic E-state index is -3.61. The van der Waals surface area contributed by atoms with Gasteiger partial charge in [0.1, 0.15) is 11.6 Å². The van der Waals surface area contributed by atoms with Gasteiger partial charge in [-0.15, -0.1) is 0 Å². The van der Waals surface area contributed by atoms with Gasteiger partial charge in [-0.3, -0.25) is 4.79 Å². The molecule has 1 saturated heterocycles. The summed E-state index contributed by atoms with van der Waals surface area (Å²) >= 11 is 0. The number of carbonyl (C=O) groups excluding carboxylic acids is 1. The van der Waals surface area contributed by atoms with Crippen LogP contribution in [-0.4, -0.2) is 31.7 Å². The number of hydrogen-bond donors (Lipinski definition) is 1. The molecule has 2 aromatic carbocycles. The topological polar surface area (TPSA) is 66.5 Å². The second kappa shape index (κ2) is 8.14. The zero-order valence-corrected chi connectivity index (χ0v) is 15.4. The van der Waals surface area contributed by atoms with E-state index in [4.69, 9.17) is 0 Å². The van der Waals surface area contributed by atoms with Crippen LogP contribution in [0.5, 0.6) is 0 Å². The van der Waals surface area contributed by atoms with Crippen LogP contribution in [0.1, 0.15) is 18.4 Å². The summed E-state index contributed by atoms with van der Waals surface area (Å²) in [6.45, 7) is 0.445. The third-order valence-corrected chi connectivity index (χ3v) is 6.34. The summed E-state index contributed by atoms with van der Waals surface area (Å²) in [7, 11) is -3.61. The molecule has 1 atom stereocenters. The van der Waals surface area contributed by atoms with E-state index in [0.717, 1.165) is 0 Å². The van der Waals surface area contributed by atoms with Gasteiger partial charge >= 0.3 is 0 Å². The van der Waals surface area contributed by atoms with E-state index >= 15 is 0 Å². The van der Waals surface area contributed by atoms with Gasteiger partial charge in [0.15, 0.2) is 0 Å². The maximum atomic E-state index is 13.0. The Morgan fingerprint density at radius 3 is 2.26 bits per heavy atom. The van der Waals surface area contributed by atoms with Gasteiger partial charge in [-0.05, 0) is 54.8 Å². The molecular formula is C19H20F2N2O3S. The van der Waals surface area contributed by atoms with Crippen molar-refractivity contribution in [3.63, 3.8) is 0 Å². The van der Waals surface area contributed by atoms with Gasteiger partial charge in [-0.25, -0.2) is 21.5 Å². The summed E-state index contributed by atoms with van der Waals surface area (Å²) in [5.74, 6) is -1.83. The Kier molecular flexibility index (Phi) is 5.86. The lowest BCUT2D eigenvalue weighted by molar-refractivity contribution is -0.120. The average molecular weight is 394 g/mol. The van der Waals surface area contributed by atoms with Crippen molar-refractivity contribution in [2.45, 2.75) is 18.6 Å². The lowest BCUT2D eigenvalue weighted by atomic mass is 9.99. The normalized spacial score (nSPS) is 18.2.